The summed E-state index contributed by atoms with van der Waals surface area (Å²) in [5.41, 5.74) is 2.08. The second kappa shape index (κ2) is 3.41. The van der Waals surface area contributed by atoms with Crippen molar-refractivity contribution in [3.63, 3.8) is 0 Å². The summed E-state index contributed by atoms with van der Waals surface area (Å²) in [7, 11) is 0. The van der Waals surface area contributed by atoms with Crippen molar-refractivity contribution in [3.05, 3.63) is 0 Å². The van der Waals surface area contributed by atoms with Crippen LogP contribution < -0.4 is 5.48 Å². The molecule has 6 nitrogen and oxygen atoms in total. The van der Waals surface area contributed by atoms with E-state index in [-0.39, 0.29) is 12.7 Å². The Morgan fingerprint density at radius 1 is 1.36 bits per heavy atom. The maximum absolute atomic E-state index is 8.97. The van der Waals surface area contributed by atoms with Crippen LogP contribution in [-0.2, 0) is 14.2 Å². The van der Waals surface area contributed by atoms with Gasteiger partial charge in [0.15, 0.2) is 12.1 Å². The van der Waals surface area contributed by atoms with Gasteiger partial charge in [0.1, 0.15) is 12.2 Å². The molecule has 0 bridgehead atoms. The van der Waals surface area contributed by atoms with Gasteiger partial charge < -0.3 is 24.5 Å². The first-order valence-corrected chi connectivity index (χ1v) is 4.59. The number of aliphatic hydroxyl groups excluding tert-OH is 1. The molecule has 2 fully saturated rings. The van der Waals surface area contributed by atoms with E-state index in [1.165, 1.54) is 0 Å². The van der Waals surface area contributed by atoms with Gasteiger partial charge in [0.05, 0.1) is 12.6 Å². The standard InChI is InChI=1S/C8H15NO5/c1-8(2)13-6-5(9-11)4(3-10)12-7(6)14-8/h4-7,9-11H,3H2,1-2H3/t4-,5-,6-,7-/m1/s1. The molecule has 14 heavy (non-hydrogen) atoms. The molecule has 0 aromatic carbocycles. The van der Waals surface area contributed by atoms with Gasteiger partial charge in [0, 0.05) is 0 Å². The molecule has 2 rings (SSSR count). The highest BCUT2D eigenvalue weighted by Crippen LogP contribution is 2.36. The van der Waals surface area contributed by atoms with Crippen LogP contribution >= 0.6 is 0 Å². The van der Waals surface area contributed by atoms with Crippen LogP contribution in [0, 0.1) is 0 Å². The Morgan fingerprint density at radius 2 is 2.07 bits per heavy atom. The molecule has 0 amide bonds. The molecule has 0 aromatic heterocycles. The molecular weight excluding hydrogens is 190 g/mol. The molecule has 4 atom stereocenters. The Balaban J connectivity index is 2.09. The summed E-state index contributed by atoms with van der Waals surface area (Å²) in [6.07, 6.45) is -1.40. The fourth-order valence-corrected chi connectivity index (χ4v) is 1.89. The first kappa shape index (κ1) is 10.3. The van der Waals surface area contributed by atoms with E-state index in [2.05, 4.69) is 5.48 Å². The Labute approximate surface area is 81.7 Å². The van der Waals surface area contributed by atoms with Crippen molar-refractivity contribution in [2.24, 2.45) is 0 Å². The van der Waals surface area contributed by atoms with Gasteiger partial charge in [-0.25, -0.2) is 0 Å². The van der Waals surface area contributed by atoms with Crippen LogP contribution in [0.5, 0.6) is 0 Å². The molecule has 2 heterocycles. The van der Waals surface area contributed by atoms with E-state index in [1.54, 1.807) is 13.8 Å². The van der Waals surface area contributed by atoms with Crippen LogP contribution in [0.2, 0.25) is 0 Å². The predicted molar refractivity (Wildman–Crippen MR) is 44.5 cm³/mol. The van der Waals surface area contributed by atoms with Crippen molar-refractivity contribution < 1.29 is 24.5 Å². The second-order valence-electron chi connectivity index (χ2n) is 3.98. The smallest absolute Gasteiger partial charge is 0.189 e. The normalized spacial score (nSPS) is 45.4. The van der Waals surface area contributed by atoms with Crippen LogP contribution in [0.15, 0.2) is 0 Å². The SMILES string of the molecule is CC1(C)O[C@H]2O[C@H](CO)[C@@H](NO)[C@H]2O1. The Hall–Kier alpha value is -0.240. The van der Waals surface area contributed by atoms with Gasteiger partial charge in [-0.3, -0.25) is 0 Å². The fraction of sp³-hybridized carbons (Fsp3) is 1.00. The van der Waals surface area contributed by atoms with Crippen molar-refractivity contribution in [1.29, 1.82) is 0 Å². The molecular formula is C8H15NO5. The third-order valence-electron chi connectivity index (χ3n) is 2.48. The number of fused-ring (bicyclic) bond motifs is 1. The van der Waals surface area contributed by atoms with Crippen molar-refractivity contribution in [3.8, 4) is 0 Å². The average Bonchev–Trinajstić information content (AvgIpc) is 2.55. The monoisotopic (exact) mass is 205 g/mol. The minimum atomic E-state index is -0.704. The van der Waals surface area contributed by atoms with E-state index >= 15 is 0 Å². The molecule has 0 unspecified atom stereocenters. The summed E-state index contributed by atoms with van der Waals surface area (Å²) < 4.78 is 16.3. The first-order valence-electron chi connectivity index (χ1n) is 4.59. The number of rotatable bonds is 2. The lowest BCUT2D eigenvalue weighted by Crippen LogP contribution is -2.45. The first-order chi connectivity index (χ1) is 6.57. The lowest BCUT2D eigenvalue weighted by molar-refractivity contribution is -0.213. The number of nitrogens with one attached hydrogen (secondary N) is 1. The van der Waals surface area contributed by atoms with Crippen molar-refractivity contribution in [2.75, 3.05) is 6.61 Å². The summed E-state index contributed by atoms with van der Waals surface area (Å²) in [6, 6.07) is -0.452. The Morgan fingerprint density at radius 3 is 2.64 bits per heavy atom. The van der Waals surface area contributed by atoms with Gasteiger partial charge >= 0.3 is 0 Å². The van der Waals surface area contributed by atoms with Gasteiger partial charge in [-0.2, -0.15) is 5.48 Å². The number of aliphatic hydroxyl groups is 1. The van der Waals surface area contributed by atoms with Crippen LogP contribution in [0.3, 0.4) is 0 Å². The highest BCUT2D eigenvalue weighted by molar-refractivity contribution is 4.95. The van der Waals surface area contributed by atoms with Gasteiger partial charge in [0.25, 0.3) is 0 Å². The van der Waals surface area contributed by atoms with E-state index in [0.29, 0.717) is 0 Å². The summed E-state index contributed by atoms with van der Waals surface area (Å²) in [5, 5.41) is 17.9. The van der Waals surface area contributed by atoms with Crippen LogP contribution in [0.1, 0.15) is 13.8 Å². The molecule has 0 radical (unpaired) electrons. The van der Waals surface area contributed by atoms with Gasteiger partial charge in [-0.1, -0.05) is 0 Å². The van der Waals surface area contributed by atoms with Crippen LogP contribution in [-0.4, -0.2) is 47.2 Å². The molecule has 2 aliphatic heterocycles. The van der Waals surface area contributed by atoms with Crippen molar-refractivity contribution >= 4 is 0 Å². The minimum absolute atomic E-state index is 0.182. The van der Waals surface area contributed by atoms with Crippen molar-refractivity contribution in [2.45, 2.75) is 44.2 Å². The van der Waals surface area contributed by atoms with Crippen LogP contribution in [0.25, 0.3) is 0 Å². The van der Waals surface area contributed by atoms with E-state index in [9.17, 15) is 0 Å². The lowest BCUT2D eigenvalue weighted by atomic mass is 10.1. The summed E-state index contributed by atoms with van der Waals surface area (Å²) in [5.74, 6) is -0.704. The number of hydrogen-bond donors (Lipinski definition) is 3. The Bertz CT molecular complexity index is 222. The minimum Gasteiger partial charge on any atom is -0.394 e. The van der Waals surface area contributed by atoms with Gasteiger partial charge in [-0.15, -0.1) is 0 Å². The molecule has 82 valence electrons. The molecule has 2 saturated heterocycles. The number of hydroxylamine groups is 1. The zero-order chi connectivity index (χ0) is 10.3. The average molecular weight is 205 g/mol. The van der Waals surface area contributed by atoms with Gasteiger partial charge in [0.2, 0.25) is 0 Å². The maximum atomic E-state index is 8.97. The largest absolute Gasteiger partial charge is 0.394 e. The van der Waals surface area contributed by atoms with E-state index < -0.39 is 24.2 Å². The predicted octanol–water partition coefficient (Wildman–Crippen LogP) is -0.797. The van der Waals surface area contributed by atoms with Crippen LogP contribution in [0.4, 0.5) is 0 Å². The maximum Gasteiger partial charge on any atom is 0.189 e. The molecule has 0 aromatic rings. The quantitative estimate of drug-likeness (QED) is 0.512. The van der Waals surface area contributed by atoms with Gasteiger partial charge in [-0.05, 0) is 13.8 Å². The highest BCUT2D eigenvalue weighted by atomic mass is 16.8. The third-order valence-corrected chi connectivity index (χ3v) is 2.48. The molecule has 0 spiro atoms. The molecule has 6 heteroatoms. The number of hydrogen-bond acceptors (Lipinski definition) is 6. The molecule has 3 N–H and O–H groups in total. The zero-order valence-electron chi connectivity index (χ0n) is 8.14. The van der Waals surface area contributed by atoms with E-state index in [0.717, 1.165) is 0 Å². The summed E-state index contributed by atoms with van der Waals surface area (Å²) >= 11 is 0. The second-order valence-corrected chi connectivity index (χ2v) is 3.98. The molecule has 0 aliphatic carbocycles. The summed E-state index contributed by atoms with van der Waals surface area (Å²) in [4.78, 5) is 0. The number of ether oxygens (including phenoxy) is 3. The Kier molecular flexibility index (Phi) is 2.50. The summed E-state index contributed by atoms with van der Waals surface area (Å²) in [6.45, 7) is 3.37. The lowest BCUT2D eigenvalue weighted by Gasteiger charge is -2.23. The molecule has 2 aliphatic rings. The highest BCUT2D eigenvalue weighted by Gasteiger charge is 2.54. The third kappa shape index (κ3) is 1.54. The fourth-order valence-electron chi connectivity index (χ4n) is 1.89. The topological polar surface area (TPSA) is 80.2 Å². The van der Waals surface area contributed by atoms with E-state index in [1.807, 2.05) is 0 Å². The zero-order valence-corrected chi connectivity index (χ0v) is 8.14. The molecule has 0 saturated carbocycles. The van der Waals surface area contributed by atoms with E-state index in [4.69, 9.17) is 24.5 Å². The van der Waals surface area contributed by atoms with Crippen molar-refractivity contribution in [1.82, 2.24) is 5.48 Å².